The maximum Gasteiger partial charge on any atom is 0.255 e. The molecular formula is C13H17BrN2O3. The Balaban J connectivity index is 2.21. The molecule has 3 N–H and O–H groups in total. The minimum atomic E-state index is -0.326. The van der Waals surface area contributed by atoms with E-state index in [1.54, 1.807) is 23.1 Å². The van der Waals surface area contributed by atoms with Crippen LogP contribution < -0.4 is 5.73 Å². The third kappa shape index (κ3) is 3.26. The number of nitrogens with two attached hydrogens (primary N) is 1. The summed E-state index contributed by atoms with van der Waals surface area (Å²) in [5, 5.41) is 9.19. The molecule has 1 aliphatic rings. The molecule has 2 atom stereocenters. The van der Waals surface area contributed by atoms with Crippen molar-refractivity contribution in [2.75, 3.05) is 25.4 Å². The van der Waals surface area contributed by atoms with Crippen LogP contribution >= 0.6 is 15.9 Å². The molecule has 104 valence electrons. The molecule has 1 heterocycles. The highest BCUT2D eigenvalue weighted by molar-refractivity contribution is 9.10. The fourth-order valence-electron chi connectivity index (χ4n) is 2.19. The Morgan fingerprint density at radius 2 is 2.32 bits per heavy atom. The van der Waals surface area contributed by atoms with Crippen molar-refractivity contribution < 1.29 is 14.6 Å². The Morgan fingerprint density at radius 1 is 1.58 bits per heavy atom. The molecule has 1 aromatic rings. The van der Waals surface area contributed by atoms with Crippen molar-refractivity contribution in [3.8, 4) is 0 Å². The molecular weight excluding hydrogens is 312 g/mol. The van der Waals surface area contributed by atoms with Gasteiger partial charge < -0.3 is 20.5 Å². The van der Waals surface area contributed by atoms with E-state index in [1.807, 2.05) is 6.92 Å². The van der Waals surface area contributed by atoms with Gasteiger partial charge in [0.05, 0.1) is 24.4 Å². The van der Waals surface area contributed by atoms with Crippen molar-refractivity contribution in [3.05, 3.63) is 28.2 Å². The third-order valence-electron chi connectivity index (χ3n) is 3.04. The minimum Gasteiger partial charge on any atom is -0.399 e. The normalized spacial score (nSPS) is 23.4. The van der Waals surface area contributed by atoms with Crippen LogP contribution in [0.5, 0.6) is 0 Å². The van der Waals surface area contributed by atoms with Gasteiger partial charge in [0.15, 0.2) is 0 Å². The third-order valence-corrected chi connectivity index (χ3v) is 3.73. The summed E-state index contributed by atoms with van der Waals surface area (Å²) in [6.45, 7) is 2.69. The molecule has 1 amide bonds. The quantitative estimate of drug-likeness (QED) is 0.801. The monoisotopic (exact) mass is 328 g/mol. The Bertz CT molecular complexity index is 481. The van der Waals surface area contributed by atoms with Crippen LogP contribution in [0.25, 0.3) is 0 Å². The second-order valence-electron chi connectivity index (χ2n) is 4.70. The molecule has 0 aromatic heterocycles. The number of halogens is 1. The van der Waals surface area contributed by atoms with Crippen molar-refractivity contribution >= 4 is 27.5 Å². The summed E-state index contributed by atoms with van der Waals surface area (Å²) in [7, 11) is 0. The molecule has 0 bridgehead atoms. The maximum absolute atomic E-state index is 12.5. The standard InChI is InChI=1S/C13H17BrN2O3/c1-8-5-16(6-10(7-17)19-8)13(18)11-4-9(15)2-3-12(11)14/h2-4,8,10,17H,5-7,15H2,1H3. The van der Waals surface area contributed by atoms with Gasteiger partial charge >= 0.3 is 0 Å². The highest BCUT2D eigenvalue weighted by Gasteiger charge is 2.29. The number of aliphatic hydroxyl groups excluding tert-OH is 1. The molecule has 2 unspecified atom stereocenters. The molecule has 1 aromatic carbocycles. The van der Waals surface area contributed by atoms with E-state index in [2.05, 4.69) is 15.9 Å². The first-order valence-corrected chi connectivity index (χ1v) is 6.91. The van der Waals surface area contributed by atoms with E-state index < -0.39 is 0 Å². The Hall–Kier alpha value is -1.11. The molecule has 6 heteroatoms. The predicted octanol–water partition coefficient (Wildman–Crippen LogP) is 1.25. The smallest absolute Gasteiger partial charge is 0.255 e. The molecule has 5 nitrogen and oxygen atoms in total. The zero-order valence-electron chi connectivity index (χ0n) is 10.7. The van der Waals surface area contributed by atoms with Gasteiger partial charge in [-0.05, 0) is 41.1 Å². The molecule has 1 aliphatic heterocycles. The van der Waals surface area contributed by atoms with Crippen molar-refractivity contribution in [2.45, 2.75) is 19.1 Å². The van der Waals surface area contributed by atoms with Crippen LogP contribution in [-0.2, 0) is 4.74 Å². The van der Waals surface area contributed by atoms with Crippen molar-refractivity contribution in [3.63, 3.8) is 0 Å². The van der Waals surface area contributed by atoms with Crippen LogP contribution in [-0.4, -0.2) is 47.8 Å². The zero-order valence-corrected chi connectivity index (χ0v) is 12.3. The summed E-state index contributed by atoms with van der Waals surface area (Å²) in [5.74, 6) is -0.104. The van der Waals surface area contributed by atoms with Gasteiger partial charge in [0.1, 0.15) is 0 Å². The number of nitrogens with zero attached hydrogens (tertiary/aromatic N) is 1. The van der Waals surface area contributed by atoms with E-state index in [4.69, 9.17) is 10.5 Å². The number of ether oxygens (including phenoxy) is 1. The van der Waals surface area contributed by atoms with Gasteiger partial charge in [-0.2, -0.15) is 0 Å². The first-order chi connectivity index (χ1) is 9.01. The average molecular weight is 329 g/mol. The summed E-state index contributed by atoms with van der Waals surface area (Å²) in [6.07, 6.45) is -0.415. The number of hydrogen-bond donors (Lipinski definition) is 2. The van der Waals surface area contributed by atoms with Crippen LogP contribution in [0.2, 0.25) is 0 Å². The zero-order chi connectivity index (χ0) is 14.0. The fraction of sp³-hybridized carbons (Fsp3) is 0.462. The molecule has 0 spiro atoms. The topological polar surface area (TPSA) is 75.8 Å². The first-order valence-electron chi connectivity index (χ1n) is 6.12. The van der Waals surface area contributed by atoms with Crippen LogP contribution in [0, 0.1) is 0 Å². The number of carbonyl (C=O) groups is 1. The lowest BCUT2D eigenvalue weighted by Gasteiger charge is -2.36. The summed E-state index contributed by atoms with van der Waals surface area (Å²) in [5.41, 5.74) is 6.80. The molecule has 1 saturated heterocycles. The Kier molecular flexibility index (Phi) is 4.44. The van der Waals surface area contributed by atoms with Crippen molar-refractivity contribution in [1.29, 1.82) is 0 Å². The van der Waals surface area contributed by atoms with Gasteiger partial charge in [-0.15, -0.1) is 0 Å². The number of hydrogen-bond acceptors (Lipinski definition) is 4. The predicted molar refractivity (Wildman–Crippen MR) is 75.9 cm³/mol. The SMILES string of the molecule is CC1CN(C(=O)c2cc(N)ccc2Br)CC(CO)O1. The highest BCUT2D eigenvalue weighted by Crippen LogP contribution is 2.23. The first kappa shape index (κ1) is 14.3. The van der Waals surface area contributed by atoms with E-state index in [0.717, 1.165) is 0 Å². The van der Waals surface area contributed by atoms with E-state index in [-0.39, 0.29) is 24.7 Å². The molecule has 1 fully saturated rings. The summed E-state index contributed by atoms with van der Waals surface area (Å²) >= 11 is 3.36. The number of amides is 1. The van der Waals surface area contributed by atoms with Crippen molar-refractivity contribution in [2.24, 2.45) is 0 Å². The van der Waals surface area contributed by atoms with Crippen molar-refractivity contribution in [1.82, 2.24) is 4.90 Å². The second-order valence-corrected chi connectivity index (χ2v) is 5.56. The number of aliphatic hydroxyl groups is 1. The lowest BCUT2D eigenvalue weighted by atomic mass is 10.1. The fourth-order valence-corrected chi connectivity index (χ4v) is 2.61. The highest BCUT2D eigenvalue weighted by atomic mass is 79.9. The molecule has 0 radical (unpaired) electrons. The summed E-state index contributed by atoms with van der Waals surface area (Å²) in [6, 6.07) is 5.15. The molecule has 2 rings (SSSR count). The Morgan fingerprint density at radius 3 is 3.00 bits per heavy atom. The van der Waals surface area contributed by atoms with E-state index in [1.165, 1.54) is 0 Å². The van der Waals surface area contributed by atoms with E-state index in [0.29, 0.717) is 28.8 Å². The van der Waals surface area contributed by atoms with Crippen LogP contribution in [0.15, 0.2) is 22.7 Å². The molecule has 0 aliphatic carbocycles. The van der Waals surface area contributed by atoms with Crippen LogP contribution in [0.1, 0.15) is 17.3 Å². The largest absolute Gasteiger partial charge is 0.399 e. The number of benzene rings is 1. The van der Waals surface area contributed by atoms with E-state index >= 15 is 0 Å². The molecule has 19 heavy (non-hydrogen) atoms. The van der Waals surface area contributed by atoms with Crippen LogP contribution in [0.3, 0.4) is 0 Å². The van der Waals surface area contributed by atoms with Gasteiger partial charge in [0.2, 0.25) is 0 Å². The van der Waals surface area contributed by atoms with Gasteiger partial charge in [0.25, 0.3) is 5.91 Å². The van der Waals surface area contributed by atoms with Gasteiger partial charge in [-0.25, -0.2) is 0 Å². The maximum atomic E-state index is 12.5. The van der Waals surface area contributed by atoms with Gasteiger partial charge in [-0.3, -0.25) is 4.79 Å². The molecule has 0 saturated carbocycles. The van der Waals surface area contributed by atoms with Gasteiger partial charge in [-0.1, -0.05) is 0 Å². The summed E-state index contributed by atoms with van der Waals surface area (Å²) in [4.78, 5) is 14.2. The number of morpholine rings is 1. The van der Waals surface area contributed by atoms with Gasteiger partial charge in [0, 0.05) is 23.2 Å². The number of carbonyl (C=O) groups excluding carboxylic acids is 1. The van der Waals surface area contributed by atoms with Crippen LogP contribution in [0.4, 0.5) is 5.69 Å². The lowest BCUT2D eigenvalue weighted by molar-refractivity contribution is -0.0858. The number of rotatable bonds is 2. The second kappa shape index (κ2) is 5.90. The lowest BCUT2D eigenvalue weighted by Crippen LogP contribution is -2.50. The summed E-state index contributed by atoms with van der Waals surface area (Å²) < 4.78 is 6.24. The minimum absolute atomic E-state index is 0.0883. The number of anilines is 1. The van der Waals surface area contributed by atoms with E-state index in [9.17, 15) is 9.90 Å². The average Bonchev–Trinajstić information content (AvgIpc) is 2.40. The Labute approximate surface area is 120 Å². The number of nitrogen functional groups attached to an aromatic ring is 1.